The average Bonchev–Trinajstić information content (AvgIpc) is 2.54. The molecule has 0 aromatic heterocycles. The Bertz CT molecular complexity index is 528. The Morgan fingerprint density at radius 2 is 2.23 bits per heavy atom. The number of carbonyl (C=O) groups is 1. The van der Waals surface area contributed by atoms with Crippen LogP contribution in [0.1, 0.15) is 5.56 Å². The number of nitrogens with zero attached hydrogens (tertiary/aromatic N) is 1. The smallest absolute Gasteiger partial charge is 0.244 e. The number of morpholine rings is 1. The molecule has 0 bridgehead atoms. The van der Waals surface area contributed by atoms with Gasteiger partial charge in [0.1, 0.15) is 5.75 Å². The SMILES string of the molecule is COc1ccc(Cl)cc1C=CC(=O)NCCN1CCOCC1. The van der Waals surface area contributed by atoms with Gasteiger partial charge < -0.3 is 14.8 Å². The molecule has 5 nitrogen and oxygen atoms in total. The van der Waals surface area contributed by atoms with Crippen molar-refractivity contribution < 1.29 is 14.3 Å². The van der Waals surface area contributed by atoms with E-state index in [-0.39, 0.29) is 5.91 Å². The van der Waals surface area contributed by atoms with Crippen LogP contribution in [0, 0.1) is 0 Å². The van der Waals surface area contributed by atoms with Crippen molar-refractivity contribution in [1.82, 2.24) is 10.2 Å². The molecule has 1 saturated heterocycles. The quantitative estimate of drug-likeness (QED) is 0.811. The van der Waals surface area contributed by atoms with E-state index in [2.05, 4.69) is 10.2 Å². The number of benzene rings is 1. The number of rotatable bonds is 6. The third kappa shape index (κ3) is 5.33. The lowest BCUT2D eigenvalue weighted by molar-refractivity contribution is -0.116. The maximum absolute atomic E-state index is 11.8. The van der Waals surface area contributed by atoms with Gasteiger partial charge in [-0.25, -0.2) is 0 Å². The van der Waals surface area contributed by atoms with Gasteiger partial charge >= 0.3 is 0 Å². The molecule has 1 aliphatic rings. The zero-order chi connectivity index (χ0) is 15.8. The second-order valence-electron chi connectivity index (χ2n) is 4.96. The van der Waals surface area contributed by atoms with E-state index >= 15 is 0 Å². The predicted molar refractivity (Wildman–Crippen MR) is 87.3 cm³/mol. The minimum absolute atomic E-state index is 0.129. The summed E-state index contributed by atoms with van der Waals surface area (Å²) < 4.78 is 10.5. The third-order valence-corrected chi connectivity index (χ3v) is 3.67. The van der Waals surface area contributed by atoms with E-state index < -0.39 is 0 Å². The number of methoxy groups -OCH3 is 1. The van der Waals surface area contributed by atoms with Crippen LogP contribution in [0.15, 0.2) is 24.3 Å². The summed E-state index contributed by atoms with van der Waals surface area (Å²) in [6.45, 7) is 4.83. The van der Waals surface area contributed by atoms with Crippen LogP contribution in [0.3, 0.4) is 0 Å². The predicted octanol–water partition coefficient (Wildman–Crippen LogP) is 1.81. The fraction of sp³-hybridized carbons (Fsp3) is 0.438. The Hall–Kier alpha value is -1.56. The number of hydrogen-bond acceptors (Lipinski definition) is 4. The Morgan fingerprint density at radius 1 is 1.45 bits per heavy atom. The average molecular weight is 325 g/mol. The number of amides is 1. The van der Waals surface area contributed by atoms with Crippen LogP contribution in [0.5, 0.6) is 5.75 Å². The monoisotopic (exact) mass is 324 g/mol. The van der Waals surface area contributed by atoms with Crippen molar-refractivity contribution in [2.75, 3.05) is 46.5 Å². The molecule has 1 heterocycles. The fourth-order valence-electron chi connectivity index (χ4n) is 2.22. The molecule has 22 heavy (non-hydrogen) atoms. The maximum Gasteiger partial charge on any atom is 0.244 e. The molecular weight excluding hydrogens is 304 g/mol. The Balaban J connectivity index is 1.79. The van der Waals surface area contributed by atoms with E-state index in [0.717, 1.165) is 38.4 Å². The van der Waals surface area contributed by atoms with Crippen LogP contribution >= 0.6 is 11.6 Å². The molecule has 2 rings (SSSR count). The number of nitrogens with one attached hydrogen (secondary N) is 1. The van der Waals surface area contributed by atoms with Crippen molar-refractivity contribution in [1.29, 1.82) is 0 Å². The largest absolute Gasteiger partial charge is 0.496 e. The molecule has 1 N–H and O–H groups in total. The molecule has 0 aliphatic carbocycles. The molecule has 0 saturated carbocycles. The molecule has 120 valence electrons. The highest BCUT2D eigenvalue weighted by Gasteiger charge is 2.09. The van der Waals surface area contributed by atoms with Gasteiger partial charge in [-0.05, 0) is 24.3 Å². The van der Waals surface area contributed by atoms with E-state index in [0.29, 0.717) is 17.3 Å². The highest BCUT2D eigenvalue weighted by molar-refractivity contribution is 6.30. The summed E-state index contributed by atoms with van der Waals surface area (Å²) in [6.07, 6.45) is 3.20. The van der Waals surface area contributed by atoms with Crippen molar-refractivity contribution in [3.63, 3.8) is 0 Å². The molecule has 0 radical (unpaired) electrons. The molecule has 0 atom stereocenters. The van der Waals surface area contributed by atoms with Gasteiger partial charge in [-0.3, -0.25) is 9.69 Å². The maximum atomic E-state index is 11.8. The molecule has 1 aliphatic heterocycles. The highest BCUT2D eigenvalue weighted by Crippen LogP contribution is 2.23. The van der Waals surface area contributed by atoms with Gasteiger partial charge in [-0.1, -0.05) is 11.6 Å². The molecule has 0 unspecified atom stereocenters. The molecule has 1 aromatic rings. The van der Waals surface area contributed by atoms with Crippen LogP contribution in [-0.4, -0.2) is 57.3 Å². The lowest BCUT2D eigenvalue weighted by Gasteiger charge is -2.26. The van der Waals surface area contributed by atoms with Gasteiger partial charge in [-0.15, -0.1) is 0 Å². The summed E-state index contributed by atoms with van der Waals surface area (Å²) in [5, 5.41) is 3.48. The number of ether oxygens (including phenoxy) is 2. The van der Waals surface area contributed by atoms with Crippen LogP contribution in [0.4, 0.5) is 0 Å². The van der Waals surface area contributed by atoms with Crippen molar-refractivity contribution in [2.24, 2.45) is 0 Å². The van der Waals surface area contributed by atoms with Gasteiger partial charge in [0.05, 0.1) is 20.3 Å². The second kappa shape index (κ2) is 8.78. The van der Waals surface area contributed by atoms with Crippen molar-refractivity contribution in [3.8, 4) is 5.75 Å². The standard InChI is InChI=1S/C16H21ClN2O3/c1-21-15-4-3-14(17)12-13(15)2-5-16(20)18-6-7-19-8-10-22-11-9-19/h2-5,12H,6-11H2,1H3,(H,18,20). The van der Waals surface area contributed by atoms with Crippen LogP contribution < -0.4 is 10.1 Å². The molecule has 1 fully saturated rings. The summed E-state index contributed by atoms with van der Waals surface area (Å²) in [4.78, 5) is 14.1. The van der Waals surface area contributed by atoms with Crippen LogP contribution in [0.25, 0.3) is 6.08 Å². The first-order valence-electron chi connectivity index (χ1n) is 7.28. The lowest BCUT2D eigenvalue weighted by Crippen LogP contribution is -2.41. The zero-order valence-corrected chi connectivity index (χ0v) is 13.4. The van der Waals surface area contributed by atoms with Crippen molar-refractivity contribution in [3.05, 3.63) is 34.9 Å². The zero-order valence-electron chi connectivity index (χ0n) is 12.7. The Morgan fingerprint density at radius 3 is 2.95 bits per heavy atom. The second-order valence-corrected chi connectivity index (χ2v) is 5.40. The molecule has 6 heteroatoms. The van der Waals surface area contributed by atoms with Gasteiger partial charge in [0, 0.05) is 42.8 Å². The third-order valence-electron chi connectivity index (χ3n) is 3.44. The van der Waals surface area contributed by atoms with Crippen LogP contribution in [-0.2, 0) is 9.53 Å². The Kier molecular flexibility index (Phi) is 6.71. The van der Waals surface area contributed by atoms with E-state index in [9.17, 15) is 4.79 Å². The summed E-state index contributed by atoms with van der Waals surface area (Å²) >= 11 is 5.95. The lowest BCUT2D eigenvalue weighted by atomic mass is 10.2. The van der Waals surface area contributed by atoms with Gasteiger partial charge in [0.15, 0.2) is 0 Å². The minimum atomic E-state index is -0.129. The number of hydrogen-bond donors (Lipinski definition) is 1. The number of carbonyl (C=O) groups excluding carboxylic acids is 1. The van der Waals surface area contributed by atoms with Gasteiger partial charge in [0.25, 0.3) is 0 Å². The summed E-state index contributed by atoms with van der Waals surface area (Å²) in [5.74, 6) is 0.553. The molecule has 1 aromatic carbocycles. The highest BCUT2D eigenvalue weighted by atomic mass is 35.5. The fourth-order valence-corrected chi connectivity index (χ4v) is 2.40. The van der Waals surface area contributed by atoms with Crippen LogP contribution in [0.2, 0.25) is 5.02 Å². The summed E-state index contributed by atoms with van der Waals surface area (Å²) in [7, 11) is 1.59. The van der Waals surface area contributed by atoms with Gasteiger partial charge in [-0.2, -0.15) is 0 Å². The van der Waals surface area contributed by atoms with E-state index in [1.807, 2.05) is 0 Å². The molecular formula is C16H21ClN2O3. The molecule has 0 spiro atoms. The van der Waals surface area contributed by atoms with Gasteiger partial charge in [0.2, 0.25) is 5.91 Å². The van der Waals surface area contributed by atoms with Crippen molar-refractivity contribution >= 4 is 23.6 Å². The van der Waals surface area contributed by atoms with Crippen molar-refractivity contribution in [2.45, 2.75) is 0 Å². The first-order chi connectivity index (χ1) is 10.7. The Labute approximate surface area is 135 Å². The topological polar surface area (TPSA) is 50.8 Å². The minimum Gasteiger partial charge on any atom is -0.496 e. The molecule has 1 amide bonds. The first kappa shape index (κ1) is 16.8. The van der Waals surface area contributed by atoms with E-state index in [4.69, 9.17) is 21.1 Å². The van der Waals surface area contributed by atoms with E-state index in [1.54, 1.807) is 31.4 Å². The summed E-state index contributed by atoms with van der Waals surface area (Å²) in [6, 6.07) is 5.29. The summed E-state index contributed by atoms with van der Waals surface area (Å²) in [5.41, 5.74) is 0.776. The first-order valence-corrected chi connectivity index (χ1v) is 7.66. The normalized spacial score (nSPS) is 15.9. The van der Waals surface area contributed by atoms with E-state index in [1.165, 1.54) is 6.08 Å². The number of halogens is 1.